The van der Waals surface area contributed by atoms with Crippen LogP contribution in [-0.2, 0) is 11.3 Å². The summed E-state index contributed by atoms with van der Waals surface area (Å²) in [5.41, 5.74) is 1.72. The van der Waals surface area contributed by atoms with E-state index in [1.54, 1.807) is 10.6 Å². The fourth-order valence-electron chi connectivity index (χ4n) is 3.46. The molecule has 0 spiro atoms. The molecule has 1 N–H and O–H groups in total. The lowest BCUT2D eigenvalue weighted by Gasteiger charge is -2.21. The summed E-state index contributed by atoms with van der Waals surface area (Å²) in [6.07, 6.45) is 2.67. The van der Waals surface area contributed by atoms with Crippen LogP contribution in [0.25, 0.3) is 10.9 Å². The van der Waals surface area contributed by atoms with Crippen LogP contribution in [-0.4, -0.2) is 20.7 Å². The molecule has 0 aliphatic heterocycles. The third-order valence-corrected chi connectivity index (χ3v) is 6.11. The molecule has 0 saturated carbocycles. The second-order valence-corrected chi connectivity index (χ2v) is 8.70. The maximum Gasteiger partial charge on any atom is 0.262 e. The molecule has 30 heavy (non-hydrogen) atoms. The number of hydrogen-bond acceptors (Lipinski definition) is 4. The van der Waals surface area contributed by atoms with Gasteiger partial charge in [-0.25, -0.2) is 4.98 Å². The molecule has 0 aliphatic rings. The van der Waals surface area contributed by atoms with Crippen LogP contribution < -0.4 is 10.9 Å². The Kier molecular flexibility index (Phi) is 7.69. The van der Waals surface area contributed by atoms with Gasteiger partial charge in [-0.3, -0.25) is 14.2 Å². The molecule has 3 rings (SSSR count). The summed E-state index contributed by atoms with van der Waals surface area (Å²) in [5, 5.41) is 4.01. The Morgan fingerprint density at radius 3 is 2.47 bits per heavy atom. The van der Waals surface area contributed by atoms with E-state index in [4.69, 9.17) is 4.98 Å². The van der Waals surface area contributed by atoms with E-state index in [2.05, 4.69) is 12.2 Å². The molecule has 0 radical (unpaired) electrons. The zero-order valence-corrected chi connectivity index (χ0v) is 18.6. The van der Waals surface area contributed by atoms with Crippen molar-refractivity contribution in [3.8, 4) is 0 Å². The number of nitrogens with zero attached hydrogens (tertiary/aromatic N) is 2. The van der Waals surface area contributed by atoms with Crippen molar-refractivity contribution in [3.05, 3.63) is 70.5 Å². The van der Waals surface area contributed by atoms with Crippen LogP contribution in [0.2, 0.25) is 0 Å². The fraction of sp³-hybridized carbons (Fsp3) is 0.375. The Balaban J connectivity index is 1.83. The number of hydrogen-bond donors (Lipinski definition) is 1. The lowest BCUT2D eigenvalue weighted by Crippen LogP contribution is -2.35. The van der Waals surface area contributed by atoms with E-state index in [1.807, 2.05) is 62.4 Å². The first-order valence-electron chi connectivity index (χ1n) is 10.6. The fourth-order valence-corrected chi connectivity index (χ4v) is 4.40. The monoisotopic (exact) mass is 423 g/mol. The molecule has 2 aromatic carbocycles. The van der Waals surface area contributed by atoms with E-state index < -0.39 is 0 Å². The smallest absolute Gasteiger partial charge is 0.262 e. The molecule has 0 unspecified atom stereocenters. The molecule has 0 bridgehead atoms. The number of fused-ring (bicyclic) bond motifs is 1. The van der Waals surface area contributed by atoms with Crippen molar-refractivity contribution < 1.29 is 4.79 Å². The average molecular weight is 424 g/mol. The molecule has 1 amide bonds. The number of benzene rings is 2. The summed E-state index contributed by atoms with van der Waals surface area (Å²) in [6, 6.07) is 17.4. The van der Waals surface area contributed by atoms with Gasteiger partial charge < -0.3 is 5.32 Å². The van der Waals surface area contributed by atoms with E-state index >= 15 is 0 Å². The van der Waals surface area contributed by atoms with Crippen molar-refractivity contribution >= 4 is 28.6 Å². The van der Waals surface area contributed by atoms with Crippen LogP contribution in [0.1, 0.15) is 51.6 Å². The van der Waals surface area contributed by atoms with Gasteiger partial charge in [0.1, 0.15) is 0 Å². The summed E-state index contributed by atoms with van der Waals surface area (Å²) >= 11 is 1.34. The zero-order chi connectivity index (χ0) is 21.5. The van der Waals surface area contributed by atoms with Crippen molar-refractivity contribution in [2.45, 2.75) is 63.0 Å². The highest BCUT2D eigenvalue weighted by molar-refractivity contribution is 8.00. The minimum Gasteiger partial charge on any atom is -0.348 e. The molecule has 158 valence electrons. The van der Waals surface area contributed by atoms with E-state index in [1.165, 1.54) is 11.8 Å². The Hall–Kier alpha value is -2.60. The summed E-state index contributed by atoms with van der Waals surface area (Å²) in [7, 11) is 0. The third-order valence-electron chi connectivity index (χ3n) is 5.02. The summed E-state index contributed by atoms with van der Waals surface area (Å²) in [4.78, 5) is 30.6. The van der Waals surface area contributed by atoms with Gasteiger partial charge in [0.2, 0.25) is 5.91 Å². The van der Waals surface area contributed by atoms with Crippen LogP contribution in [0.5, 0.6) is 0 Å². The number of aromatic nitrogens is 2. The number of rotatable bonds is 9. The summed E-state index contributed by atoms with van der Waals surface area (Å²) in [5.74, 6) is -0.0484. The number of amides is 1. The largest absolute Gasteiger partial charge is 0.348 e. The number of thioether (sulfide) groups is 1. The molecule has 0 aliphatic carbocycles. The van der Waals surface area contributed by atoms with E-state index in [0.29, 0.717) is 22.6 Å². The van der Waals surface area contributed by atoms with Gasteiger partial charge in [0.15, 0.2) is 5.16 Å². The highest BCUT2D eigenvalue weighted by atomic mass is 32.2. The van der Waals surface area contributed by atoms with Crippen LogP contribution >= 0.6 is 11.8 Å². The van der Waals surface area contributed by atoms with Crippen LogP contribution in [0, 0.1) is 0 Å². The van der Waals surface area contributed by atoms with Gasteiger partial charge in [-0.2, -0.15) is 0 Å². The Morgan fingerprint density at radius 1 is 1.07 bits per heavy atom. The lowest BCUT2D eigenvalue weighted by atomic mass is 10.0. The first kappa shape index (κ1) is 22.1. The maximum absolute atomic E-state index is 13.0. The van der Waals surface area contributed by atoms with Crippen molar-refractivity contribution in [2.24, 2.45) is 0 Å². The minimum atomic E-state index is -0.371. The number of nitrogens with one attached hydrogen (secondary N) is 1. The van der Waals surface area contributed by atoms with Gasteiger partial charge in [0.25, 0.3) is 5.56 Å². The number of carbonyl (C=O) groups is 1. The molecule has 1 aromatic heterocycles. The third kappa shape index (κ3) is 5.11. The molecule has 0 fully saturated rings. The first-order chi connectivity index (χ1) is 14.5. The van der Waals surface area contributed by atoms with Gasteiger partial charge >= 0.3 is 0 Å². The second-order valence-electron chi connectivity index (χ2n) is 7.39. The summed E-state index contributed by atoms with van der Waals surface area (Å²) < 4.78 is 1.69. The molecule has 3 aromatic rings. The Morgan fingerprint density at radius 2 is 1.77 bits per heavy atom. The van der Waals surface area contributed by atoms with Gasteiger partial charge in [-0.1, -0.05) is 74.5 Å². The number of carbonyl (C=O) groups excluding carboxylic acids is 1. The highest BCUT2D eigenvalue weighted by Gasteiger charge is 2.22. The quantitative estimate of drug-likeness (QED) is 0.391. The van der Waals surface area contributed by atoms with Crippen molar-refractivity contribution in [3.63, 3.8) is 0 Å². The van der Waals surface area contributed by atoms with E-state index in [-0.39, 0.29) is 22.8 Å². The van der Waals surface area contributed by atoms with Gasteiger partial charge in [-0.05, 0) is 37.5 Å². The zero-order valence-electron chi connectivity index (χ0n) is 17.8. The first-order valence-corrected chi connectivity index (χ1v) is 11.4. The molecule has 6 heteroatoms. The predicted octanol–water partition coefficient (Wildman–Crippen LogP) is 4.94. The SMILES string of the molecule is CCC[C@@H](NC(=O)[C@H](C)Sc1nc2ccccc2c(=O)n1CCC)c1ccccc1. The second kappa shape index (κ2) is 10.4. The molecular formula is C24H29N3O2S. The summed E-state index contributed by atoms with van der Waals surface area (Å²) in [6.45, 7) is 6.59. The lowest BCUT2D eigenvalue weighted by molar-refractivity contribution is -0.121. The van der Waals surface area contributed by atoms with Gasteiger partial charge in [0, 0.05) is 6.54 Å². The molecular weight excluding hydrogens is 394 g/mol. The minimum absolute atomic E-state index is 0.0193. The normalized spacial score (nSPS) is 13.2. The van der Waals surface area contributed by atoms with E-state index in [0.717, 1.165) is 24.8 Å². The van der Waals surface area contributed by atoms with Crippen molar-refractivity contribution in [1.82, 2.24) is 14.9 Å². The van der Waals surface area contributed by atoms with Crippen LogP contribution in [0.3, 0.4) is 0 Å². The van der Waals surface area contributed by atoms with Crippen LogP contribution in [0.15, 0.2) is 64.5 Å². The standard InChI is InChI=1S/C24H29N3O2S/c1-4-11-20(18-12-7-6-8-13-18)25-22(28)17(3)30-24-26-21-15-10-9-14-19(21)23(29)27(24)16-5-2/h6-10,12-15,17,20H,4-5,11,16H2,1-3H3,(H,25,28)/t17-,20+/m0/s1. The molecule has 2 atom stereocenters. The highest BCUT2D eigenvalue weighted by Crippen LogP contribution is 2.25. The predicted molar refractivity (Wildman–Crippen MR) is 124 cm³/mol. The van der Waals surface area contributed by atoms with Gasteiger partial charge in [0.05, 0.1) is 22.2 Å². The van der Waals surface area contributed by atoms with Gasteiger partial charge in [-0.15, -0.1) is 0 Å². The maximum atomic E-state index is 13.0. The Bertz CT molecular complexity index is 1050. The molecule has 0 saturated heterocycles. The molecule has 1 heterocycles. The topological polar surface area (TPSA) is 64.0 Å². The van der Waals surface area contributed by atoms with Crippen molar-refractivity contribution in [1.29, 1.82) is 0 Å². The number of para-hydroxylation sites is 1. The molecule has 5 nitrogen and oxygen atoms in total. The Labute approximate surface area is 181 Å². The van der Waals surface area contributed by atoms with Crippen LogP contribution in [0.4, 0.5) is 0 Å². The average Bonchev–Trinajstić information content (AvgIpc) is 2.76. The van der Waals surface area contributed by atoms with Crippen molar-refractivity contribution in [2.75, 3.05) is 0 Å². The van der Waals surface area contributed by atoms with E-state index in [9.17, 15) is 9.59 Å².